The van der Waals surface area contributed by atoms with Gasteiger partial charge in [0.25, 0.3) is 0 Å². The van der Waals surface area contributed by atoms with Crippen molar-refractivity contribution in [3.05, 3.63) is 41.3 Å². The number of allylic oxidation sites excluding steroid dienone is 1. The zero-order valence-corrected chi connectivity index (χ0v) is 22.2. The second-order valence-corrected chi connectivity index (χ2v) is 11.5. The Morgan fingerprint density at radius 2 is 1.81 bits per heavy atom. The second kappa shape index (κ2) is 10.1. The number of carbonyl (C=O) groups excluding carboxylic acids is 2. The van der Waals surface area contributed by atoms with Crippen LogP contribution in [0.25, 0.3) is 11.1 Å². The molecular weight excluding hydrogens is 458 g/mol. The first-order chi connectivity index (χ1) is 16.9. The molecule has 1 saturated carbocycles. The standard InChI is InChI=1S/C29H39NO6/c1-15-7-9-23(19-8-10-24-22(13-19)30-18(4)35-24)36-26(32)14-25(31)29(5,6)28(34)17(3)27(33)16(2)21-12-20(21)11-15/h7-8,10,13,16-17,20-21,23,25,27,31,33H,9,11-12,14H2,1-6H3/t16-,17+,20?,21?,23-,25-,27-/m0/s1. The number of oxazole rings is 1. The molecule has 1 fully saturated rings. The Kier molecular flexibility index (Phi) is 7.45. The monoisotopic (exact) mass is 497 g/mol. The van der Waals surface area contributed by atoms with Gasteiger partial charge in [0.05, 0.1) is 24.0 Å². The minimum Gasteiger partial charge on any atom is -0.457 e. The normalized spacial score (nSPS) is 34.1. The van der Waals surface area contributed by atoms with Crippen LogP contribution >= 0.6 is 0 Å². The van der Waals surface area contributed by atoms with Crippen LogP contribution in [0, 0.1) is 36.0 Å². The molecule has 0 radical (unpaired) electrons. The van der Waals surface area contributed by atoms with Crippen molar-refractivity contribution in [2.24, 2.45) is 29.1 Å². The van der Waals surface area contributed by atoms with Crippen molar-refractivity contribution in [3.8, 4) is 0 Å². The lowest BCUT2D eigenvalue weighted by Gasteiger charge is -2.34. The summed E-state index contributed by atoms with van der Waals surface area (Å²) in [7, 11) is 0. The maximum atomic E-state index is 13.3. The Balaban J connectivity index is 1.64. The van der Waals surface area contributed by atoms with Crippen LogP contribution in [0.15, 0.2) is 34.3 Å². The third kappa shape index (κ3) is 5.42. The number of ketones is 1. The first-order valence-corrected chi connectivity index (χ1v) is 13.0. The molecular formula is C29H39NO6. The van der Waals surface area contributed by atoms with Gasteiger partial charge in [-0.05, 0) is 55.2 Å². The van der Waals surface area contributed by atoms with E-state index in [-0.39, 0.29) is 18.1 Å². The lowest BCUT2D eigenvalue weighted by Crippen LogP contribution is -2.45. The van der Waals surface area contributed by atoms with E-state index < -0.39 is 35.6 Å². The van der Waals surface area contributed by atoms with Gasteiger partial charge >= 0.3 is 5.97 Å². The molecule has 7 atom stereocenters. The molecule has 7 heteroatoms. The van der Waals surface area contributed by atoms with E-state index in [4.69, 9.17) is 9.15 Å². The number of carbonyl (C=O) groups is 2. The van der Waals surface area contributed by atoms with E-state index in [1.165, 1.54) is 5.57 Å². The van der Waals surface area contributed by atoms with Crippen LogP contribution in [0.2, 0.25) is 0 Å². The number of aliphatic hydroxyl groups is 2. The zero-order valence-electron chi connectivity index (χ0n) is 22.2. The van der Waals surface area contributed by atoms with Gasteiger partial charge in [-0.15, -0.1) is 0 Å². The Morgan fingerprint density at radius 3 is 2.53 bits per heavy atom. The van der Waals surface area contributed by atoms with Crippen molar-refractivity contribution in [2.45, 2.75) is 85.5 Å². The van der Waals surface area contributed by atoms with Crippen LogP contribution in [-0.2, 0) is 14.3 Å². The SMILES string of the molecule is CC1=CC[C@@H](c2ccc3oc(C)nc3c2)OC(=O)C[C@H](O)C(C)(C)C(=O)[C@H](C)[C@@H](O)[C@@H](C)C2CC2C1. The van der Waals surface area contributed by atoms with Crippen molar-refractivity contribution < 1.29 is 29.0 Å². The molecule has 7 nitrogen and oxygen atoms in total. The number of hydrogen-bond donors (Lipinski definition) is 2. The first-order valence-electron chi connectivity index (χ1n) is 13.0. The minimum absolute atomic E-state index is 0.0158. The fraction of sp³-hybridized carbons (Fsp3) is 0.621. The third-order valence-corrected chi connectivity index (χ3v) is 8.37. The number of aliphatic hydroxyl groups excluding tert-OH is 2. The predicted octanol–water partition coefficient (Wildman–Crippen LogP) is 5.08. The van der Waals surface area contributed by atoms with Crippen molar-refractivity contribution in [1.29, 1.82) is 0 Å². The van der Waals surface area contributed by atoms with Gasteiger partial charge < -0.3 is 19.4 Å². The number of ether oxygens (including phenoxy) is 1. The van der Waals surface area contributed by atoms with Crippen LogP contribution in [0.5, 0.6) is 0 Å². The molecule has 1 aliphatic heterocycles. The second-order valence-electron chi connectivity index (χ2n) is 11.5. The van der Waals surface area contributed by atoms with E-state index in [1.54, 1.807) is 27.7 Å². The largest absolute Gasteiger partial charge is 0.457 e. The highest BCUT2D eigenvalue weighted by molar-refractivity contribution is 5.88. The molecule has 0 saturated heterocycles. The van der Waals surface area contributed by atoms with Crippen LogP contribution in [0.4, 0.5) is 0 Å². The summed E-state index contributed by atoms with van der Waals surface area (Å²) >= 11 is 0. The molecule has 2 N–H and O–H groups in total. The lowest BCUT2D eigenvalue weighted by atomic mass is 9.72. The number of cyclic esters (lactones) is 1. The van der Waals surface area contributed by atoms with Crippen molar-refractivity contribution in [3.63, 3.8) is 0 Å². The van der Waals surface area contributed by atoms with Crippen LogP contribution in [0.3, 0.4) is 0 Å². The number of hydrogen-bond acceptors (Lipinski definition) is 7. The fourth-order valence-corrected chi connectivity index (χ4v) is 5.70. The molecule has 2 heterocycles. The van der Waals surface area contributed by atoms with Gasteiger partial charge in [-0.3, -0.25) is 9.59 Å². The number of benzene rings is 1. The zero-order chi connectivity index (χ0) is 26.4. The average molecular weight is 498 g/mol. The van der Waals surface area contributed by atoms with Crippen molar-refractivity contribution >= 4 is 22.9 Å². The molecule has 1 aromatic heterocycles. The Bertz CT molecular complexity index is 1160. The average Bonchev–Trinajstić information content (AvgIpc) is 3.48. The Morgan fingerprint density at radius 1 is 1.08 bits per heavy atom. The third-order valence-electron chi connectivity index (χ3n) is 8.37. The van der Waals surface area contributed by atoms with E-state index in [1.807, 2.05) is 25.1 Å². The van der Waals surface area contributed by atoms with E-state index in [2.05, 4.69) is 18.0 Å². The molecule has 1 aromatic carbocycles. The highest BCUT2D eigenvalue weighted by Gasteiger charge is 2.47. The molecule has 36 heavy (non-hydrogen) atoms. The highest BCUT2D eigenvalue weighted by atomic mass is 16.5. The molecule has 0 amide bonds. The summed E-state index contributed by atoms with van der Waals surface area (Å²) in [5.41, 5.74) is 2.17. The number of aromatic nitrogens is 1. The van der Waals surface area contributed by atoms with Crippen LogP contribution in [0.1, 0.15) is 77.9 Å². The van der Waals surface area contributed by atoms with Gasteiger partial charge in [-0.1, -0.05) is 45.4 Å². The number of aryl methyl sites for hydroxylation is 1. The molecule has 4 rings (SSSR count). The summed E-state index contributed by atoms with van der Waals surface area (Å²) in [5, 5.41) is 21.9. The van der Waals surface area contributed by atoms with E-state index in [9.17, 15) is 19.8 Å². The van der Waals surface area contributed by atoms with Gasteiger partial charge in [0, 0.05) is 19.3 Å². The minimum atomic E-state index is -1.23. The maximum absolute atomic E-state index is 13.3. The van der Waals surface area contributed by atoms with Gasteiger partial charge in [0.1, 0.15) is 17.4 Å². The number of esters is 1. The Labute approximate surface area is 212 Å². The maximum Gasteiger partial charge on any atom is 0.309 e. The van der Waals surface area contributed by atoms with Crippen LogP contribution < -0.4 is 0 Å². The number of rotatable bonds is 1. The number of fused-ring (bicyclic) bond motifs is 2. The summed E-state index contributed by atoms with van der Waals surface area (Å²) in [6.45, 7) is 10.9. The van der Waals surface area contributed by atoms with Crippen LogP contribution in [-0.4, -0.2) is 39.2 Å². The molecule has 0 spiro atoms. The Hall–Kier alpha value is -2.51. The molecule has 2 aliphatic rings. The van der Waals surface area contributed by atoms with Crippen molar-refractivity contribution in [1.82, 2.24) is 4.98 Å². The smallest absolute Gasteiger partial charge is 0.309 e. The summed E-state index contributed by atoms with van der Waals surface area (Å²) in [6, 6.07) is 5.57. The van der Waals surface area contributed by atoms with Crippen molar-refractivity contribution in [2.75, 3.05) is 0 Å². The predicted molar refractivity (Wildman–Crippen MR) is 136 cm³/mol. The van der Waals surface area contributed by atoms with E-state index >= 15 is 0 Å². The van der Waals surface area contributed by atoms with Gasteiger partial charge in [0.2, 0.25) is 0 Å². The molecule has 2 unspecified atom stereocenters. The molecule has 2 aromatic rings. The quantitative estimate of drug-likeness (QED) is 0.418. The van der Waals surface area contributed by atoms with Gasteiger partial charge in [-0.2, -0.15) is 0 Å². The summed E-state index contributed by atoms with van der Waals surface area (Å²) in [4.78, 5) is 30.7. The highest BCUT2D eigenvalue weighted by Crippen LogP contribution is 2.50. The lowest BCUT2D eigenvalue weighted by molar-refractivity contribution is -0.155. The van der Waals surface area contributed by atoms with Gasteiger partial charge in [-0.25, -0.2) is 4.98 Å². The molecule has 0 bridgehead atoms. The molecule has 1 aliphatic carbocycles. The first kappa shape index (κ1) is 26.6. The summed E-state index contributed by atoms with van der Waals surface area (Å²) in [5.74, 6) is -0.0795. The fourth-order valence-electron chi connectivity index (χ4n) is 5.70. The number of Topliss-reactive ketones (excluding diaryl/α,β-unsaturated/α-hetero) is 1. The van der Waals surface area contributed by atoms with E-state index in [0.29, 0.717) is 35.2 Å². The van der Waals surface area contributed by atoms with Gasteiger partial charge in [0.15, 0.2) is 11.5 Å². The molecule has 196 valence electrons. The topological polar surface area (TPSA) is 110 Å². The summed E-state index contributed by atoms with van der Waals surface area (Å²) < 4.78 is 11.5. The number of nitrogens with zero attached hydrogens (tertiary/aromatic N) is 1. The van der Waals surface area contributed by atoms with E-state index in [0.717, 1.165) is 18.4 Å². The summed E-state index contributed by atoms with van der Waals surface area (Å²) in [6.07, 6.45) is 1.66.